The van der Waals surface area contributed by atoms with E-state index in [1.807, 2.05) is 49.6 Å². The van der Waals surface area contributed by atoms with Crippen molar-refractivity contribution in [3.05, 3.63) is 35.4 Å². The molecule has 174 valence electrons. The van der Waals surface area contributed by atoms with Crippen molar-refractivity contribution >= 4 is 21.7 Å². The maximum atomic E-state index is 12.8. The highest BCUT2D eigenvalue weighted by atomic mass is 32.2. The van der Waals surface area contributed by atoms with Crippen molar-refractivity contribution in [2.24, 2.45) is 5.92 Å². The summed E-state index contributed by atoms with van der Waals surface area (Å²) in [6, 6.07) is 7.54. The summed E-state index contributed by atoms with van der Waals surface area (Å²) in [6.07, 6.45) is 1.75. The second-order valence-corrected chi connectivity index (χ2v) is 12.1. The topological polar surface area (TPSA) is 74.8 Å². The third-order valence-electron chi connectivity index (χ3n) is 6.06. The molecule has 1 aliphatic heterocycles. The van der Waals surface area contributed by atoms with Crippen LogP contribution in [-0.2, 0) is 21.1 Å². The number of benzene rings is 1. The number of sulfone groups is 1. The first-order valence-electron chi connectivity index (χ1n) is 11.3. The van der Waals surface area contributed by atoms with Crippen LogP contribution in [0.1, 0.15) is 70.3 Å². The smallest absolute Gasteiger partial charge is 0.254 e. The Bertz CT molecular complexity index is 844. The summed E-state index contributed by atoms with van der Waals surface area (Å²) in [5.41, 5.74) is 1.51. The van der Waals surface area contributed by atoms with Crippen LogP contribution in [0.2, 0.25) is 0 Å². The maximum absolute atomic E-state index is 12.8. The van der Waals surface area contributed by atoms with Gasteiger partial charge in [-0.05, 0) is 78.0 Å². The lowest BCUT2D eigenvalue weighted by Crippen LogP contribution is -2.42. The Kier molecular flexibility index (Phi) is 8.69. The average Bonchev–Trinajstić information content (AvgIpc) is 2.68. The number of amides is 2. The first-order chi connectivity index (χ1) is 14.4. The Labute approximate surface area is 187 Å². The number of likely N-dealkylation sites (tertiary alicyclic amines) is 1. The molecular weight excluding hydrogens is 412 g/mol. The van der Waals surface area contributed by atoms with Gasteiger partial charge in [0.05, 0.1) is 17.4 Å². The minimum Gasteiger partial charge on any atom is -0.342 e. The van der Waals surface area contributed by atoms with Crippen molar-refractivity contribution in [1.29, 1.82) is 0 Å². The molecule has 0 unspecified atom stereocenters. The van der Waals surface area contributed by atoms with Gasteiger partial charge in [0.25, 0.3) is 5.91 Å². The van der Waals surface area contributed by atoms with Crippen molar-refractivity contribution in [2.45, 2.75) is 78.1 Å². The lowest BCUT2D eigenvalue weighted by Gasteiger charge is -2.32. The minimum absolute atomic E-state index is 0.00120. The largest absolute Gasteiger partial charge is 0.342 e. The zero-order valence-electron chi connectivity index (χ0n) is 19.8. The van der Waals surface area contributed by atoms with Crippen LogP contribution in [0, 0.1) is 5.92 Å². The molecule has 1 heterocycles. The molecule has 2 rings (SSSR count). The summed E-state index contributed by atoms with van der Waals surface area (Å²) in [7, 11) is -3.05. The van der Waals surface area contributed by atoms with Crippen molar-refractivity contribution in [1.82, 2.24) is 9.80 Å². The second-order valence-electron chi connectivity index (χ2n) is 9.48. The molecule has 0 aromatic heterocycles. The Hall–Kier alpha value is -1.89. The molecule has 0 spiro atoms. The quantitative estimate of drug-likeness (QED) is 0.607. The monoisotopic (exact) mass is 450 g/mol. The molecule has 0 bridgehead atoms. The average molecular weight is 451 g/mol. The summed E-state index contributed by atoms with van der Waals surface area (Å²) in [5.74, 6) is 0.398. The maximum Gasteiger partial charge on any atom is 0.254 e. The third-order valence-corrected chi connectivity index (χ3v) is 8.43. The van der Waals surface area contributed by atoms with E-state index in [2.05, 4.69) is 0 Å². The van der Waals surface area contributed by atoms with Gasteiger partial charge in [0.1, 0.15) is 0 Å². The fraction of sp³-hybridized carbons (Fsp3) is 0.667. The molecule has 1 aromatic carbocycles. The normalized spacial score (nSPS) is 15.7. The molecule has 1 aromatic rings. The summed E-state index contributed by atoms with van der Waals surface area (Å²) in [4.78, 5) is 29.2. The molecule has 7 heteroatoms. The molecule has 6 nitrogen and oxygen atoms in total. The van der Waals surface area contributed by atoms with Crippen LogP contribution in [0.5, 0.6) is 0 Å². The highest BCUT2D eigenvalue weighted by molar-refractivity contribution is 7.91. The number of nitrogens with zero attached hydrogens (tertiary/aromatic N) is 2. The number of hydrogen-bond acceptors (Lipinski definition) is 4. The molecule has 0 aliphatic carbocycles. The minimum atomic E-state index is -3.05. The molecule has 0 saturated carbocycles. The van der Waals surface area contributed by atoms with Crippen LogP contribution in [0.25, 0.3) is 0 Å². The Morgan fingerprint density at radius 3 is 1.94 bits per heavy atom. The summed E-state index contributed by atoms with van der Waals surface area (Å²) >= 11 is 0. The van der Waals surface area contributed by atoms with Gasteiger partial charge in [0.2, 0.25) is 5.91 Å². The summed E-state index contributed by atoms with van der Waals surface area (Å²) < 4.78 is 24.3. The highest BCUT2D eigenvalue weighted by Crippen LogP contribution is 2.22. The van der Waals surface area contributed by atoms with E-state index >= 15 is 0 Å². The van der Waals surface area contributed by atoms with E-state index in [1.54, 1.807) is 26.0 Å². The summed E-state index contributed by atoms with van der Waals surface area (Å²) in [6.45, 7) is 12.7. The molecule has 0 radical (unpaired) electrons. The van der Waals surface area contributed by atoms with Crippen LogP contribution in [0.4, 0.5) is 0 Å². The molecule has 1 fully saturated rings. The number of piperidine rings is 1. The molecule has 1 aliphatic rings. The first-order valence-corrected chi connectivity index (χ1v) is 13.0. The fourth-order valence-electron chi connectivity index (χ4n) is 4.14. The molecule has 2 amide bonds. The number of hydrogen-bond donors (Lipinski definition) is 0. The lowest BCUT2D eigenvalue weighted by atomic mass is 9.98. The standard InChI is InChI=1S/C24H38N2O4S/c1-17(2)26(18(3)4)24(28)22-9-7-20(8-10-22)15-23(27)25-13-11-21(12-14-25)16-31(29,30)19(5)6/h7-10,17-19,21H,11-16H2,1-6H3. The lowest BCUT2D eigenvalue weighted by molar-refractivity contribution is -0.131. The van der Waals surface area contributed by atoms with Gasteiger partial charge in [-0.15, -0.1) is 0 Å². The molecule has 0 atom stereocenters. The van der Waals surface area contributed by atoms with Gasteiger partial charge < -0.3 is 9.80 Å². The van der Waals surface area contributed by atoms with Gasteiger partial charge in [-0.2, -0.15) is 0 Å². The predicted molar refractivity (Wildman–Crippen MR) is 125 cm³/mol. The van der Waals surface area contributed by atoms with E-state index < -0.39 is 9.84 Å². The van der Waals surface area contributed by atoms with Crippen molar-refractivity contribution in [2.75, 3.05) is 18.8 Å². The molecule has 0 N–H and O–H groups in total. The van der Waals surface area contributed by atoms with Gasteiger partial charge in [-0.1, -0.05) is 12.1 Å². The zero-order valence-corrected chi connectivity index (χ0v) is 20.6. The number of rotatable bonds is 8. The third kappa shape index (κ3) is 6.79. The van der Waals surface area contributed by atoms with Crippen molar-refractivity contribution in [3.63, 3.8) is 0 Å². The van der Waals surface area contributed by atoms with E-state index in [1.165, 1.54) is 0 Å². The van der Waals surface area contributed by atoms with E-state index in [-0.39, 0.29) is 40.8 Å². The van der Waals surface area contributed by atoms with E-state index in [0.29, 0.717) is 25.1 Å². The van der Waals surface area contributed by atoms with Gasteiger partial charge >= 0.3 is 0 Å². The fourth-order valence-corrected chi connectivity index (χ4v) is 5.51. The predicted octanol–water partition coefficient (Wildman–Crippen LogP) is 3.55. The molecule has 1 saturated heterocycles. The van der Waals surface area contributed by atoms with Gasteiger partial charge in [0.15, 0.2) is 9.84 Å². The van der Waals surface area contributed by atoms with Crippen LogP contribution < -0.4 is 0 Å². The highest BCUT2D eigenvalue weighted by Gasteiger charge is 2.28. The van der Waals surface area contributed by atoms with Crippen LogP contribution >= 0.6 is 0 Å². The Balaban J connectivity index is 1.91. The van der Waals surface area contributed by atoms with E-state index in [0.717, 1.165) is 18.4 Å². The summed E-state index contributed by atoms with van der Waals surface area (Å²) in [5, 5.41) is -0.352. The van der Waals surface area contributed by atoms with Crippen LogP contribution in [0.15, 0.2) is 24.3 Å². The van der Waals surface area contributed by atoms with Gasteiger partial charge in [-0.3, -0.25) is 9.59 Å². The van der Waals surface area contributed by atoms with Crippen molar-refractivity contribution < 1.29 is 18.0 Å². The SMILES string of the molecule is CC(C)N(C(=O)c1ccc(CC(=O)N2CCC(CS(=O)(=O)C(C)C)CC2)cc1)C(C)C. The van der Waals surface area contributed by atoms with Crippen molar-refractivity contribution in [3.8, 4) is 0 Å². The Morgan fingerprint density at radius 1 is 0.968 bits per heavy atom. The van der Waals surface area contributed by atoms with Gasteiger partial charge in [-0.25, -0.2) is 8.42 Å². The van der Waals surface area contributed by atoms with Crippen LogP contribution in [-0.4, -0.2) is 66.2 Å². The van der Waals surface area contributed by atoms with E-state index in [4.69, 9.17) is 0 Å². The Morgan fingerprint density at radius 2 is 1.48 bits per heavy atom. The second kappa shape index (κ2) is 10.6. The molecular formula is C24H38N2O4S. The van der Waals surface area contributed by atoms with E-state index in [9.17, 15) is 18.0 Å². The number of carbonyl (C=O) groups excluding carboxylic acids is 2. The number of carbonyl (C=O) groups is 2. The zero-order chi connectivity index (χ0) is 23.3. The van der Waals surface area contributed by atoms with Crippen LogP contribution in [0.3, 0.4) is 0 Å². The van der Waals surface area contributed by atoms with Gasteiger partial charge in [0, 0.05) is 30.7 Å². The molecule has 31 heavy (non-hydrogen) atoms. The first kappa shape index (κ1) is 25.4.